The number of rotatable bonds is 4. The van der Waals surface area contributed by atoms with Crippen LogP contribution in [0.3, 0.4) is 0 Å². The molecule has 154 valence electrons. The van der Waals surface area contributed by atoms with Crippen LogP contribution in [0.25, 0.3) is 5.76 Å². The maximum Gasteiger partial charge on any atom is 0.302 e. The molecule has 0 bridgehead atoms. The monoisotopic (exact) mass is 436 g/mol. The first-order valence-corrected chi connectivity index (χ1v) is 9.34. The third-order valence-corrected chi connectivity index (χ3v) is 4.98. The van der Waals surface area contributed by atoms with E-state index in [2.05, 4.69) is 9.97 Å². The highest BCUT2D eigenvalue weighted by Gasteiger charge is 2.48. The summed E-state index contributed by atoms with van der Waals surface area (Å²) in [5.41, 5.74) is 0.0343. The summed E-state index contributed by atoms with van der Waals surface area (Å²) >= 11 is 5.90. The summed E-state index contributed by atoms with van der Waals surface area (Å²) in [6, 6.07) is 11.9. The highest BCUT2D eigenvalue weighted by Crippen LogP contribution is 2.41. The number of aromatic nitrogens is 2. The molecule has 4 rings (SSSR count). The Kier molecular flexibility index (Phi) is 5.18. The molecule has 2 aromatic carbocycles. The largest absolute Gasteiger partial charge is 0.507 e. The van der Waals surface area contributed by atoms with Crippen LogP contribution >= 0.6 is 11.6 Å². The van der Waals surface area contributed by atoms with Gasteiger partial charge in [0.2, 0.25) is 5.95 Å². The molecule has 0 aliphatic carbocycles. The van der Waals surface area contributed by atoms with E-state index in [1.807, 2.05) is 0 Å². The lowest BCUT2D eigenvalue weighted by molar-refractivity contribution is -0.384. The maximum atomic E-state index is 12.9. The van der Waals surface area contributed by atoms with Crippen LogP contribution in [0.15, 0.2) is 72.6 Å². The molecule has 1 aliphatic heterocycles. The minimum Gasteiger partial charge on any atom is -0.507 e. The van der Waals surface area contributed by atoms with E-state index in [0.717, 1.165) is 4.90 Å². The minimum atomic E-state index is -1.17. The molecule has 0 unspecified atom stereocenters. The average Bonchev–Trinajstić information content (AvgIpc) is 3.05. The van der Waals surface area contributed by atoms with Crippen molar-refractivity contribution in [3.63, 3.8) is 0 Å². The summed E-state index contributed by atoms with van der Waals surface area (Å²) in [6.45, 7) is 0. The number of hydrogen-bond acceptors (Lipinski definition) is 7. The Labute approximate surface area is 180 Å². The lowest BCUT2D eigenvalue weighted by Crippen LogP contribution is -2.31. The second kappa shape index (κ2) is 7.96. The fourth-order valence-electron chi connectivity index (χ4n) is 3.34. The second-order valence-electron chi connectivity index (χ2n) is 6.58. The van der Waals surface area contributed by atoms with Crippen molar-refractivity contribution in [3.8, 4) is 0 Å². The van der Waals surface area contributed by atoms with Gasteiger partial charge in [0, 0.05) is 35.1 Å². The number of nitro groups is 1. The highest BCUT2D eigenvalue weighted by atomic mass is 35.5. The topological polar surface area (TPSA) is 127 Å². The number of benzene rings is 2. The average molecular weight is 437 g/mol. The lowest BCUT2D eigenvalue weighted by atomic mass is 9.95. The van der Waals surface area contributed by atoms with Gasteiger partial charge in [0.1, 0.15) is 5.76 Å². The summed E-state index contributed by atoms with van der Waals surface area (Å²) in [6.07, 6.45) is 2.79. The summed E-state index contributed by atoms with van der Waals surface area (Å²) in [5.74, 6) is -2.43. The predicted molar refractivity (Wildman–Crippen MR) is 111 cm³/mol. The number of anilines is 1. The molecule has 9 nitrogen and oxygen atoms in total. The molecular weight excluding hydrogens is 424 g/mol. The molecule has 1 fully saturated rings. The third-order valence-electron chi connectivity index (χ3n) is 4.73. The molecule has 0 saturated carbocycles. The fourth-order valence-corrected chi connectivity index (χ4v) is 3.47. The number of non-ortho nitro benzene ring substituents is 1. The maximum absolute atomic E-state index is 12.9. The van der Waals surface area contributed by atoms with Crippen molar-refractivity contribution in [2.75, 3.05) is 4.90 Å². The zero-order valence-electron chi connectivity index (χ0n) is 15.7. The number of carbonyl (C=O) groups excluding carboxylic acids is 2. The van der Waals surface area contributed by atoms with Crippen molar-refractivity contribution >= 4 is 40.7 Å². The van der Waals surface area contributed by atoms with Crippen molar-refractivity contribution in [2.24, 2.45) is 0 Å². The molecule has 1 aromatic heterocycles. The van der Waals surface area contributed by atoms with E-state index in [-0.39, 0.29) is 28.3 Å². The second-order valence-corrected chi connectivity index (χ2v) is 7.01. The zero-order chi connectivity index (χ0) is 22.1. The van der Waals surface area contributed by atoms with Crippen LogP contribution < -0.4 is 4.90 Å². The molecule has 1 atom stereocenters. The van der Waals surface area contributed by atoms with Crippen molar-refractivity contribution in [3.05, 3.63) is 98.8 Å². The standard InChI is InChI=1S/C21H13ClN4O5/c22-14-7-5-12(6-8-14)18(27)16-17(13-3-1-4-15(11-13)26(30)31)25(20(29)19(16)28)21-23-9-2-10-24-21/h1-11,17,27H/t17-/m0/s1. The van der Waals surface area contributed by atoms with E-state index < -0.39 is 28.4 Å². The Balaban J connectivity index is 1.96. The number of hydrogen-bond donors (Lipinski definition) is 1. The van der Waals surface area contributed by atoms with Crippen LogP contribution in [0.2, 0.25) is 5.02 Å². The van der Waals surface area contributed by atoms with Crippen molar-refractivity contribution < 1.29 is 19.6 Å². The smallest absolute Gasteiger partial charge is 0.302 e. The first-order valence-electron chi connectivity index (χ1n) is 8.97. The van der Waals surface area contributed by atoms with Gasteiger partial charge < -0.3 is 5.11 Å². The van der Waals surface area contributed by atoms with E-state index in [1.54, 1.807) is 0 Å². The quantitative estimate of drug-likeness (QED) is 0.217. The van der Waals surface area contributed by atoms with Crippen LogP contribution in [0.1, 0.15) is 17.2 Å². The highest BCUT2D eigenvalue weighted by molar-refractivity contribution is 6.51. The number of halogens is 1. The predicted octanol–water partition coefficient (Wildman–Crippen LogP) is 3.66. The van der Waals surface area contributed by atoms with Crippen LogP contribution in [-0.4, -0.2) is 31.7 Å². The Bertz CT molecular complexity index is 1230. The van der Waals surface area contributed by atoms with Gasteiger partial charge in [-0.25, -0.2) is 9.97 Å². The molecule has 0 radical (unpaired) electrons. The van der Waals surface area contributed by atoms with Crippen molar-refractivity contribution in [2.45, 2.75) is 6.04 Å². The minimum absolute atomic E-state index is 0.0729. The SMILES string of the molecule is O=C1C(=O)N(c2ncccn2)[C@@H](c2cccc([N+](=O)[O-])c2)C1=C(O)c1ccc(Cl)cc1. The van der Waals surface area contributed by atoms with E-state index >= 15 is 0 Å². The summed E-state index contributed by atoms with van der Waals surface area (Å²) in [7, 11) is 0. The molecule has 3 aromatic rings. The zero-order valence-corrected chi connectivity index (χ0v) is 16.4. The van der Waals surface area contributed by atoms with Gasteiger partial charge in [0.25, 0.3) is 11.5 Å². The van der Waals surface area contributed by atoms with Gasteiger partial charge in [0.15, 0.2) is 0 Å². The van der Waals surface area contributed by atoms with Gasteiger partial charge in [0.05, 0.1) is 16.5 Å². The molecule has 2 heterocycles. The Morgan fingerprint density at radius 2 is 1.74 bits per heavy atom. The fraction of sp³-hybridized carbons (Fsp3) is 0.0476. The van der Waals surface area contributed by atoms with Crippen LogP contribution in [0.4, 0.5) is 11.6 Å². The Morgan fingerprint density at radius 1 is 1.06 bits per heavy atom. The summed E-state index contributed by atoms with van der Waals surface area (Å²) in [4.78, 5) is 45.6. The van der Waals surface area contributed by atoms with Gasteiger partial charge in [-0.05, 0) is 35.9 Å². The summed E-state index contributed by atoms with van der Waals surface area (Å²) < 4.78 is 0. The van der Waals surface area contributed by atoms with Gasteiger partial charge in [-0.15, -0.1) is 0 Å². The number of Topliss-reactive ketones (excluding diaryl/α,β-unsaturated/α-hetero) is 1. The molecule has 1 aliphatic rings. The Hall–Kier alpha value is -4.11. The normalized spacial score (nSPS) is 17.7. The van der Waals surface area contributed by atoms with Crippen molar-refractivity contribution in [1.82, 2.24) is 9.97 Å². The van der Waals surface area contributed by atoms with Crippen LogP contribution in [-0.2, 0) is 9.59 Å². The number of aliphatic hydroxyl groups is 1. The number of nitrogens with zero attached hydrogens (tertiary/aromatic N) is 4. The first-order chi connectivity index (χ1) is 14.9. The number of carbonyl (C=O) groups is 2. The van der Waals surface area contributed by atoms with E-state index in [0.29, 0.717) is 5.02 Å². The Morgan fingerprint density at radius 3 is 2.39 bits per heavy atom. The lowest BCUT2D eigenvalue weighted by Gasteiger charge is -2.23. The van der Waals surface area contributed by atoms with Gasteiger partial charge in [-0.3, -0.25) is 24.6 Å². The number of ketones is 1. The van der Waals surface area contributed by atoms with E-state index in [1.165, 1.54) is 67.0 Å². The molecule has 1 N–H and O–H groups in total. The third kappa shape index (κ3) is 3.62. The van der Waals surface area contributed by atoms with E-state index in [4.69, 9.17) is 11.6 Å². The van der Waals surface area contributed by atoms with Gasteiger partial charge in [-0.1, -0.05) is 23.7 Å². The molecule has 10 heteroatoms. The van der Waals surface area contributed by atoms with Gasteiger partial charge in [-0.2, -0.15) is 0 Å². The first kappa shape index (κ1) is 20.2. The molecule has 31 heavy (non-hydrogen) atoms. The molecule has 0 spiro atoms. The van der Waals surface area contributed by atoms with Crippen LogP contribution in [0, 0.1) is 10.1 Å². The van der Waals surface area contributed by atoms with Gasteiger partial charge >= 0.3 is 5.91 Å². The van der Waals surface area contributed by atoms with Crippen LogP contribution in [0.5, 0.6) is 0 Å². The van der Waals surface area contributed by atoms with Crippen molar-refractivity contribution in [1.29, 1.82) is 0 Å². The molecule has 1 amide bonds. The van der Waals surface area contributed by atoms with E-state index in [9.17, 15) is 24.8 Å². The summed E-state index contributed by atoms with van der Waals surface area (Å²) in [5, 5.41) is 22.6. The number of aliphatic hydroxyl groups excluding tert-OH is 1. The number of nitro benzene ring substituents is 1. The number of amides is 1. The molecular formula is C21H13ClN4O5. The molecule has 1 saturated heterocycles.